The van der Waals surface area contributed by atoms with Gasteiger partial charge in [-0.2, -0.15) is 5.10 Å². The highest BCUT2D eigenvalue weighted by atomic mass is 16.5. The number of aromatic nitrogens is 4. The fraction of sp³-hybridized carbons (Fsp3) is 0.320. The monoisotopic (exact) mass is 428 g/mol. The summed E-state index contributed by atoms with van der Waals surface area (Å²) in [5.74, 6) is 1.15. The molecule has 7 nitrogen and oxygen atoms in total. The van der Waals surface area contributed by atoms with Gasteiger partial charge in [0.15, 0.2) is 0 Å². The van der Waals surface area contributed by atoms with Crippen LogP contribution in [-0.2, 0) is 11.3 Å². The van der Waals surface area contributed by atoms with Crippen LogP contribution in [0, 0.1) is 5.92 Å². The average Bonchev–Trinajstić information content (AvgIpc) is 3.27. The van der Waals surface area contributed by atoms with Crippen molar-refractivity contribution in [3.63, 3.8) is 0 Å². The van der Waals surface area contributed by atoms with Gasteiger partial charge in [-0.3, -0.25) is 4.68 Å². The zero-order valence-electron chi connectivity index (χ0n) is 18.5. The van der Waals surface area contributed by atoms with Crippen LogP contribution in [-0.4, -0.2) is 46.1 Å². The van der Waals surface area contributed by atoms with E-state index in [4.69, 9.17) is 9.72 Å². The molecule has 5 rings (SSSR count). The van der Waals surface area contributed by atoms with Crippen LogP contribution in [0.15, 0.2) is 61.1 Å². The van der Waals surface area contributed by atoms with Gasteiger partial charge in [-0.15, -0.1) is 0 Å². The highest BCUT2D eigenvalue weighted by molar-refractivity contribution is 5.84. The quantitative estimate of drug-likeness (QED) is 0.479. The van der Waals surface area contributed by atoms with Gasteiger partial charge in [0, 0.05) is 54.4 Å². The van der Waals surface area contributed by atoms with Crippen LogP contribution < -0.4 is 10.2 Å². The topological polar surface area (TPSA) is 68.1 Å². The first-order valence-corrected chi connectivity index (χ1v) is 11.1. The predicted octanol–water partition coefficient (Wildman–Crippen LogP) is 4.73. The maximum atomic E-state index is 5.44. The highest BCUT2D eigenvalue weighted by Gasteiger charge is 2.11. The second-order valence-corrected chi connectivity index (χ2v) is 8.58. The van der Waals surface area contributed by atoms with Crippen LogP contribution in [0.5, 0.6) is 0 Å². The van der Waals surface area contributed by atoms with Crippen LogP contribution in [0.1, 0.15) is 13.8 Å². The lowest BCUT2D eigenvalue weighted by Gasteiger charge is -2.28. The van der Waals surface area contributed by atoms with Gasteiger partial charge in [-0.25, -0.2) is 9.97 Å². The summed E-state index contributed by atoms with van der Waals surface area (Å²) >= 11 is 0. The molecule has 32 heavy (non-hydrogen) atoms. The minimum Gasteiger partial charge on any atom is -0.378 e. The second kappa shape index (κ2) is 8.96. The van der Waals surface area contributed by atoms with E-state index in [2.05, 4.69) is 82.8 Å². The lowest BCUT2D eigenvalue weighted by molar-refractivity contribution is 0.122. The van der Waals surface area contributed by atoms with E-state index in [0.717, 1.165) is 60.6 Å². The van der Waals surface area contributed by atoms with Crippen molar-refractivity contribution in [2.45, 2.75) is 20.4 Å². The number of hydrogen-bond donors (Lipinski definition) is 1. The molecule has 1 saturated heterocycles. The molecule has 0 amide bonds. The van der Waals surface area contributed by atoms with Crippen molar-refractivity contribution in [1.29, 1.82) is 0 Å². The molecule has 2 aromatic carbocycles. The number of nitrogens with zero attached hydrogens (tertiary/aromatic N) is 5. The van der Waals surface area contributed by atoms with Crippen LogP contribution in [0.3, 0.4) is 0 Å². The molecule has 164 valence electrons. The summed E-state index contributed by atoms with van der Waals surface area (Å²) in [5.41, 5.74) is 5.28. The SMILES string of the molecule is CC(C)Cn1cc(-c2ccc3cnc(Nc4ccc(N5CCOCC5)cc4)nc3c2)cn1. The first-order chi connectivity index (χ1) is 15.6. The zero-order valence-corrected chi connectivity index (χ0v) is 18.5. The normalized spacial score (nSPS) is 14.3. The lowest BCUT2D eigenvalue weighted by atomic mass is 10.1. The van der Waals surface area contributed by atoms with Crippen LogP contribution in [0.4, 0.5) is 17.3 Å². The maximum Gasteiger partial charge on any atom is 0.227 e. The Labute approximate surface area is 188 Å². The van der Waals surface area contributed by atoms with Gasteiger partial charge in [0.1, 0.15) is 0 Å². The zero-order chi connectivity index (χ0) is 21.9. The Bertz CT molecular complexity index is 1190. The van der Waals surface area contributed by atoms with Crippen molar-refractivity contribution in [1.82, 2.24) is 19.7 Å². The minimum absolute atomic E-state index is 0.559. The van der Waals surface area contributed by atoms with Crippen LogP contribution >= 0.6 is 0 Å². The third kappa shape index (κ3) is 4.57. The molecule has 0 spiro atoms. The first kappa shape index (κ1) is 20.5. The molecular formula is C25H28N6O. The van der Waals surface area contributed by atoms with E-state index >= 15 is 0 Å². The predicted molar refractivity (Wildman–Crippen MR) is 128 cm³/mol. The summed E-state index contributed by atoms with van der Waals surface area (Å²) in [7, 11) is 0. The van der Waals surface area contributed by atoms with E-state index in [0.29, 0.717) is 11.9 Å². The Hall–Kier alpha value is -3.45. The Balaban J connectivity index is 1.34. The van der Waals surface area contributed by atoms with E-state index < -0.39 is 0 Å². The Morgan fingerprint density at radius 1 is 1.00 bits per heavy atom. The van der Waals surface area contributed by atoms with Crippen LogP contribution in [0.2, 0.25) is 0 Å². The number of benzene rings is 2. The summed E-state index contributed by atoms with van der Waals surface area (Å²) < 4.78 is 7.43. The number of rotatable bonds is 6. The fourth-order valence-electron chi connectivity index (χ4n) is 3.96. The molecule has 2 aromatic heterocycles. The number of ether oxygens (including phenoxy) is 1. The standard InChI is InChI=1S/C25H28N6O/c1-18(2)16-31-17-21(15-27-31)19-3-4-20-14-26-25(29-24(20)13-19)28-22-5-7-23(8-6-22)30-9-11-32-12-10-30/h3-8,13-15,17-18H,9-12,16H2,1-2H3,(H,26,28,29). The van der Waals surface area contributed by atoms with E-state index in [1.165, 1.54) is 5.69 Å². The summed E-state index contributed by atoms with van der Waals surface area (Å²) in [5, 5.41) is 8.83. The average molecular weight is 429 g/mol. The van der Waals surface area contributed by atoms with Gasteiger partial charge in [0.05, 0.1) is 24.9 Å². The van der Waals surface area contributed by atoms with E-state index in [-0.39, 0.29) is 0 Å². The number of anilines is 3. The van der Waals surface area contributed by atoms with Gasteiger partial charge < -0.3 is 15.0 Å². The number of fused-ring (bicyclic) bond motifs is 1. The number of nitrogens with one attached hydrogen (secondary N) is 1. The molecule has 7 heteroatoms. The van der Waals surface area contributed by atoms with Crippen molar-refractivity contribution in [3.05, 3.63) is 61.1 Å². The number of morpholine rings is 1. The Morgan fingerprint density at radius 3 is 2.59 bits per heavy atom. The summed E-state index contributed by atoms with van der Waals surface area (Å²) in [4.78, 5) is 11.6. The van der Waals surface area contributed by atoms with Gasteiger partial charge >= 0.3 is 0 Å². The third-order valence-electron chi connectivity index (χ3n) is 5.60. The largest absolute Gasteiger partial charge is 0.378 e. The van der Waals surface area contributed by atoms with Gasteiger partial charge in [0.25, 0.3) is 0 Å². The van der Waals surface area contributed by atoms with Crippen LogP contribution in [0.25, 0.3) is 22.0 Å². The molecule has 4 aromatic rings. The molecule has 0 radical (unpaired) electrons. The smallest absolute Gasteiger partial charge is 0.227 e. The summed E-state index contributed by atoms with van der Waals surface area (Å²) in [6.07, 6.45) is 5.87. The summed E-state index contributed by atoms with van der Waals surface area (Å²) in [6.45, 7) is 8.72. The lowest BCUT2D eigenvalue weighted by Crippen LogP contribution is -2.36. The Morgan fingerprint density at radius 2 is 1.81 bits per heavy atom. The van der Waals surface area contributed by atoms with Crippen molar-refractivity contribution < 1.29 is 4.74 Å². The third-order valence-corrected chi connectivity index (χ3v) is 5.60. The van der Waals surface area contributed by atoms with E-state index in [1.54, 1.807) is 0 Å². The van der Waals surface area contributed by atoms with Crippen molar-refractivity contribution in [3.8, 4) is 11.1 Å². The van der Waals surface area contributed by atoms with Gasteiger partial charge in [-0.1, -0.05) is 26.0 Å². The molecule has 1 N–H and O–H groups in total. The van der Waals surface area contributed by atoms with Crippen molar-refractivity contribution in [2.24, 2.45) is 5.92 Å². The van der Waals surface area contributed by atoms with E-state index in [9.17, 15) is 0 Å². The first-order valence-electron chi connectivity index (χ1n) is 11.1. The molecule has 1 fully saturated rings. The minimum atomic E-state index is 0.559. The molecule has 3 heterocycles. The molecule has 0 bridgehead atoms. The molecule has 0 aliphatic carbocycles. The van der Waals surface area contributed by atoms with Crippen molar-refractivity contribution in [2.75, 3.05) is 36.5 Å². The van der Waals surface area contributed by atoms with Gasteiger partial charge in [0.2, 0.25) is 5.95 Å². The highest BCUT2D eigenvalue weighted by Crippen LogP contribution is 2.25. The molecular weight excluding hydrogens is 400 g/mol. The van der Waals surface area contributed by atoms with Crippen molar-refractivity contribution >= 4 is 28.2 Å². The molecule has 0 unspecified atom stereocenters. The van der Waals surface area contributed by atoms with Gasteiger partial charge in [-0.05, 0) is 41.8 Å². The van der Waals surface area contributed by atoms with E-state index in [1.807, 2.05) is 17.1 Å². The fourth-order valence-corrected chi connectivity index (χ4v) is 3.96. The molecule has 1 aliphatic rings. The number of hydrogen-bond acceptors (Lipinski definition) is 6. The maximum absolute atomic E-state index is 5.44. The molecule has 0 saturated carbocycles. The molecule has 1 aliphatic heterocycles. The molecule has 0 atom stereocenters. The Kier molecular flexibility index (Phi) is 5.73. The summed E-state index contributed by atoms with van der Waals surface area (Å²) in [6, 6.07) is 14.6. The second-order valence-electron chi connectivity index (χ2n) is 8.58.